The maximum atomic E-state index is 11.2. The van der Waals surface area contributed by atoms with Gasteiger partial charge in [0.05, 0.1) is 0 Å². The Hall–Kier alpha value is -1.57. The number of carbonyl (C=O) groups excluding carboxylic acids is 1. The fraction of sp³-hybridized carbons (Fsp3) is 0.308. The molecule has 1 aromatic rings. The van der Waals surface area contributed by atoms with Crippen molar-refractivity contribution in [2.45, 2.75) is 25.9 Å². The van der Waals surface area contributed by atoms with Crippen LogP contribution in [0.4, 0.5) is 0 Å². The van der Waals surface area contributed by atoms with E-state index in [2.05, 4.69) is 0 Å². The van der Waals surface area contributed by atoms with Crippen molar-refractivity contribution in [2.75, 3.05) is 0 Å². The van der Waals surface area contributed by atoms with Crippen molar-refractivity contribution in [3.8, 4) is 0 Å². The van der Waals surface area contributed by atoms with Crippen LogP contribution in [-0.4, -0.2) is 5.97 Å². The molecular weight excluding hydrogens is 188 g/mol. The number of hydrogen-bond donors (Lipinski definition) is 0. The van der Waals surface area contributed by atoms with Gasteiger partial charge in [-0.05, 0) is 19.4 Å². The van der Waals surface area contributed by atoms with Crippen molar-refractivity contribution in [1.29, 1.82) is 0 Å². The van der Waals surface area contributed by atoms with Crippen LogP contribution in [0.25, 0.3) is 0 Å². The van der Waals surface area contributed by atoms with Crippen molar-refractivity contribution in [3.05, 3.63) is 47.5 Å². The summed E-state index contributed by atoms with van der Waals surface area (Å²) in [7, 11) is 0. The first-order valence-electron chi connectivity index (χ1n) is 5.07. The molecule has 78 valence electrons. The highest BCUT2D eigenvalue weighted by atomic mass is 16.6. The number of cyclic esters (lactones) is 1. The van der Waals surface area contributed by atoms with E-state index in [1.165, 1.54) is 11.6 Å². The molecule has 0 amide bonds. The Morgan fingerprint density at radius 1 is 1.27 bits per heavy atom. The number of benzene rings is 1. The summed E-state index contributed by atoms with van der Waals surface area (Å²) in [5.74, 6) is -0.260. The number of aryl methyl sites for hydroxylation is 1. The van der Waals surface area contributed by atoms with Crippen molar-refractivity contribution in [2.24, 2.45) is 0 Å². The van der Waals surface area contributed by atoms with Gasteiger partial charge in [-0.25, -0.2) is 4.79 Å². The molecule has 0 spiro atoms. The van der Waals surface area contributed by atoms with Crippen molar-refractivity contribution < 1.29 is 9.53 Å². The number of hydrogen-bond acceptors (Lipinski definition) is 2. The molecule has 1 aliphatic rings. The van der Waals surface area contributed by atoms with E-state index < -0.39 is 5.60 Å². The Bertz CT molecular complexity index is 403. The zero-order chi connectivity index (χ0) is 10.9. The molecule has 1 aliphatic heterocycles. The fourth-order valence-electron chi connectivity index (χ4n) is 1.76. The Kier molecular flexibility index (Phi) is 2.35. The van der Waals surface area contributed by atoms with E-state index in [1.807, 2.05) is 44.2 Å². The van der Waals surface area contributed by atoms with Crippen molar-refractivity contribution in [3.63, 3.8) is 0 Å². The van der Waals surface area contributed by atoms with E-state index >= 15 is 0 Å². The smallest absolute Gasteiger partial charge is 0.331 e. The molecule has 0 unspecified atom stereocenters. The monoisotopic (exact) mass is 202 g/mol. The summed E-state index contributed by atoms with van der Waals surface area (Å²) in [6.07, 6.45) is 4.09. The highest BCUT2D eigenvalue weighted by molar-refractivity contribution is 5.83. The van der Waals surface area contributed by atoms with E-state index in [9.17, 15) is 4.79 Å². The third kappa shape index (κ3) is 1.94. The zero-order valence-electron chi connectivity index (χ0n) is 8.99. The normalized spacial score (nSPS) is 25.1. The zero-order valence-corrected chi connectivity index (χ0v) is 8.99. The lowest BCUT2D eigenvalue weighted by atomic mass is 9.90. The SMILES string of the molecule is Cc1ccc([C@]2(C)CC=CC(=O)O2)cc1. The fourth-order valence-corrected chi connectivity index (χ4v) is 1.76. The molecule has 2 heteroatoms. The summed E-state index contributed by atoms with van der Waals surface area (Å²) in [5.41, 5.74) is 1.75. The van der Waals surface area contributed by atoms with Crippen LogP contribution in [-0.2, 0) is 15.1 Å². The Morgan fingerprint density at radius 2 is 1.93 bits per heavy atom. The quantitative estimate of drug-likeness (QED) is 0.654. The van der Waals surface area contributed by atoms with Crippen LogP contribution in [0, 0.1) is 6.92 Å². The number of esters is 1. The summed E-state index contributed by atoms with van der Waals surface area (Å²) in [5, 5.41) is 0. The third-order valence-corrected chi connectivity index (χ3v) is 2.75. The van der Waals surface area contributed by atoms with Gasteiger partial charge in [-0.15, -0.1) is 0 Å². The molecular formula is C13H14O2. The lowest BCUT2D eigenvalue weighted by Crippen LogP contribution is -2.30. The van der Waals surface area contributed by atoms with Gasteiger partial charge < -0.3 is 4.74 Å². The Labute approximate surface area is 89.6 Å². The van der Waals surface area contributed by atoms with E-state index in [4.69, 9.17) is 4.74 Å². The second-order valence-corrected chi connectivity index (χ2v) is 4.12. The maximum Gasteiger partial charge on any atom is 0.331 e. The minimum absolute atomic E-state index is 0.260. The highest BCUT2D eigenvalue weighted by Gasteiger charge is 2.31. The largest absolute Gasteiger partial charge is 0.451 e. The van der Waals surface area contributed by atoms with Crippen LogP contribution in [0.2, 0.25) is 0 Å². The lowest BCUT2D eigenvalue weighted by molar-refractivity contribution is -0.154. The average molecular weight is 202 g/mol. The summed E-state index contributed by atoms with van der Waals surface area (Å²) in [4.78, 5) is 11.2. The minimum Gasteiger partial charge on any atom is -0.451 e. The molecule has 0 fully saturated rings. The van der Waals surface area contributed by atoms with E-state index in [1.54, 1.807) is 0 Å². The molecule has 0 N–H and O–H groups in total. The summed E-state index contributed by atoms with van der Waals surface area (Å²) < 4.78 is 5.37. The second-order valence-electron chi connectivity index (χ2n) is 4.12. The first-order chi connectivity index (χ1) is 7.10. The summed E-state index contributed by atoms with van der Waals surface area (Å²) in [6, 6.07) is 8.10. The van der Waals surface area contributed by atoms with Gasteiger partial charge in [0.1, 0.15) is 5.60 Å². The van der Waals surface area contributed by atoms with Crippen LogP contribution in [0.3, 0.4) is 0 Å². The molecule has 2 nitrogen and oxygen atoms in total. The van der Waals surface area contributed by atoms with E-state index in [0.717, 1.165) is 12.0 Å². The lowest BCUT2D eigenvalue weighted by Gasteiger charge is -2.31. The van der Waals surface area contributed by atoms with Crippen molar-refractivity contribution in [1.82, 2.24) is 0 Å². The Morgan fingerprint density at radius 3 is 2.53 bits per heavy atom. The first-order valence-corrected chi connectivity index (χ1v) is 5.07. The standard InChI is InChI=1S/C13H14O2/c1-10-5-7-11(8-6-10)13(2)9-3-4-12(14)15-13/h3-8H,9H2,1-2H3/t13-/m0/s1. The van der Waals surface area contributed by atoms with Gasteiger partial charge in [-0.2, -0.15) is 0 Å². The second kappa shape index (κ2) is 3.54. The Balaban J connectivity index is 2.33. The molecule has 0 aliphatic carbocycles. The summed E-state index contributed by atoms with van der Waals surface area (Å²) >= 11 is 0. The predicted molar refractivity (Wildman–Crippen MR) is 58.4 cm³/mol. The number of ether oxygens (including phenoxy) is 1. The first kappa shape index (κ1) is 9.97. The van der Waals surface area contributed by atoms with Gasteiger partial charge >= 0.3 is 5.97 Å². The van der Waals surface area contributed by atoms with Crippen LogP contribution < -0.4 is 0 Å². The molecule has 0 saturated heterocycles. The molecule has 0 aromatic heterocycles. The molecule has 1 aromatic carbocycles. The molecule has 0 saturated carbocycles. The van der Waals surface area contributed by atoms with Crippen LogP contribution in [0.15, 0.2) is 36.4 Å². The van der Waals surface area contributed by atoms with Gasteiger partial charge in [-0.1, -0.05) is 35.9 Å². The maximum absolute atomic E-state index is 11.2. The molecule has 2 rings (SSSR count). The topological polar surface area (TPSA) is 26.3 Å². The molecule has 0 bridgehead atoms. The molecule has 1 heterocycles. The third-order valence-electron chi connectivity index (χ3n) is 2.75. The van der Waals surface area contributed by atoms with Crippen LogP contribution >= 0.6 is 0 Å². The van der Waals surface area contributed by atoms with Crippen LogP contribution in [0.1, 0.15) is 24.5 Å². The minimum atomic E-state index is -0.500. The molecule has 1 atom stereocenters. The van der Waals surface area contributed by atoms with E-state index in [-0.39, 0.29) is 5.97 Å². The van der Waals surface area contributed by atoms with Gasteiger partial charge in [0.2, 0.25) is 0 Å². The van der Waals surface area contributed by atoms with E-state index in [0.29, 0.717) is 0 Å². The molecule has 15 heavy (non-hydrogen) atoms. The van der Waals surface area contributed by atoms with Gasteiger partial charge in [-0.3, -0.25) is 0 Å². The average Bonchev–Trinajstić information content (AvgIpc) is 2.18. The van der Waals surface area contributed by atoms with Crippen molar-refractivity contribution >= 4 is 5.97 Å². The number of rotatable bonds is 1. The highest BCUT2D eigenvalue weighted by Crippen LogP contribution is 2.32. The number of carbonyl (C=O) groups is 1. The predicted octanol–water partition coefficient (Wildman–Crippen LogP) is 2.71. The van der Waals surface area contributed by atoms with Gasteiger partial charge in [0.25, 0.3) is 0 Å². The van der Waals surface area contributed by atoms with Gasteiger partial charge in [0, 0.05) is 12.5 Å². The van der Waals surface area contributed by atoms with Gasteiger partial charge in [0.15, 0.2) is 0 Å². The molecule has 0 radical (unpaired) electrons. The van der Waals surface area contributed by atoms with Crippen LogP contribution in [0.5, 0.6) is 0 Å². The summed E-state index contributed by atoms with van der Waals surface area (Å²) in [6.45, 7) is 3.98.